The standard InChI is InChI=1S/C15H24N2O2S/c1-12(2)17-15(3,14(18)19)9-5-7-11-20-13-8-4-6-10-16-13/h4,6,8,10,12,17H,5,7,9,11H2,1-3H3,(H,18,19). The Morgan fingerprint density at radius 1 is 1.45 bits per heavy atom. The predicted molar refractivity (Wildman–Crippen MR) is 83.1 cm³/mol. The molecule has 0 amide bonds. The first kappa shape index (κ1) is 17.0. The Bertz CT molecular complexity index is 412. The van der Waals surface area contributed by atoms with Crippen molar-refractivity contribution in [1.82, 2.24) is 10.3 Å². The summed E-state index contributed by atoms with van der Waals surface area (Å²) >= 11 is 1.71. The summed E-state index contributed by atoms with van der Waals surface area (Å²) < 4.78 is 0. The Hall–Kier alpha value is -1.07. The number of aliphatic carboxylic acids is 1. The molecule has 0 fully saturated rings. The normalized spacial score (nSPS) is 14.2. The fraction of sp³-hybridized carbons (Fsp3) is 0.600. The molecule has 0 saturated heterocycles. The number of pyridine rings is 1. The van der Waals surface area contributed by atoms with Gasteiger partial charge in [-0.25, -0.2) is 4.98 Å². The van der Waals surface area contributed by atoms with Gasteiger partial charge in [-0.1, -0.05) is 12.5 Å². The Morgan fingerprint density at radius 3 is 2.75 bits per heavy atom. The average Bonchev–Trinajstić information content (AvgIpc) is 2.38. The molecule has 1 unspecified atom stereocenters. The maximum atomic E-state index is 11.4. The van der Waals surface area contributed by atoms with E-state index in [0.29, 0.717) is 6.42 Å². The zero-order chi connectivity index (χ0) is 15.0. The Labute approximate surface area is 125 Å². The molecule has 1 atom stereocenters. The van der Waals surface area contributed by atoms with Gasteiger partial charge in [-0.2, -0.15) is 0 Å². The van der Waals surface area contributed by atoms with Crippen molar-refractivity contribution < 1.29 is 9.90 Å². The number of nitrogens with one attached hydrogen (secondary N) is 1. The van der Waals surface area contributed by atoms with Crippen LogP contribution in [0.3, 0.4) is 0 Å². The van der Waals surface area contributed by atoms with Gasteiger partial charge in [-0.05, 0) is 51.5 Å². The lowest BCUT2D eigenvalue weighted by Crippen LogP contribution is -2.52. The lowest BCUT2D eigenvalue weighted by molar-refractivity contribution is -0.144. The second-order valence-electron chi connectivity index (χ2n) is 5.41. The molecular weight excluding hydrogens is 272 g/mol. The zero-order valence-corrected chi connectivity index (χ0v) is 13.2. The summed E-state index contributed by atoms with van der Waals surface area (Å²) in [6.45, 7) is 5.71. The number of aromatic nitrogens is 1. The molecule has 112 valence electrons. The molecule has 0 radical (unpaired) electrons. The van der Waals surface area contributed by atoms with Crippen LogP contribution in [0.25, 0.3) is 0 Å². The Morgan fingerprint density at radius 2 is 2.20 bits per heavy atom. The van der Waals surface area contributed by atoms with Crippen LogP contribution >= 0.6 is 11.8 Å². The molecule has 0 saturated carbocycles. The topological polar surface area (TPSA) is 62.2 Å². The highest BCUT2D eigenvalue weighted by Crippen LogP contribution is 2.20. The van der Waals surface area contributed by atoms with E-state index < -0.39 is 11.5 Å². The fourth-order valence-corrected chi connectivity index (χ4v) is 2.94. The highest BCUT2D eigenvalue weighted by Gasteiger charge is 2.32. The molecule has 1 heterocycles. The monoisotopic (exact) mass is 296 g/mol. The fourth-order valence-electron chi connectivity index (χ4n) is 2.07. The van der Waals surface area contributed by atoms with Crippen LogP contribution in [0.1, 0.15) is 40.0 Å². The lowest BCUT2D eigenvalue weighted by Gasteiger charge is -2.28. The van der Waals surface area contributed by atoms with Gasteiger partial charge in [0.1, 0.15) is 5.54 Å². The van der Waals surface area contributed by atoms with Crippen molar-refractivity contribution in [3.63, 3.8) is 0 Å². The van der Waals surface area contributed by atoms with E-state index in [1.165, 1.54) is 0 Å². The summed E-state index contributed by atoms with van der Waals surface area (Å²) in [6, 6.07) is 6.04. The van der Waals surface area contributed by atoms with Crippen molar-refractivity contribution in [3.8, 4) is 0 Å². The number of nitrogens with zero attached hydrogens (tertiary/aromatic N) is 1. The van der Waals surface area contributed by atoms with Crippen LogP contribution in [0.5, 0.6) is 0 Å². The van der Waals surface area contributed by atoms with Gasteiger partial charge in [-0.15, -0.1) is 11.8 Å². The van der Waals surface area contributed by atoms with Crippen molar-refractivity contribution >= 4 is 17.7 Å². The summed E-state index contributed by atoms with van der Waals surface area (Å²) in [5.41, 5.74) is -0.830. The van der Waals surface area contributed by atoms with Gasteiger partial charge in [0.25, 0.3) is 0 Å². The van der Waals surface area contributed by atoms with E-state index in [2.05, 4.69) is 10.3 Å². The summed E-state index contributed by atoms with van der Waals surface area (Å²) in [4.78, 5) is 15.6. The number of rotatable bonds is 9. The summed E-state index contributed by atoms with van der Waals surface area (Å²) in [6.07, 6.45) is 4.31. The van der Waals surface area contributed by atoms with Crippen molar-refractivity contribution in [1.29, 1.82) is 0 Å². The molecule has 20 heavy (non-hydrogen) atoms. The minimum Gasteiger partial charge on any atom is -0.480 e. The van der Waals surface area contributed by atoms with Gasteiger partial charge in [-0.3, -0.25) is 10.1 Å². The molecule has 5 heteroatoms. The molecule has 0 aromatic carbocycles. The minimum atomic E-state index is -0.830. The molecule has 1 rings (SSSR count). The number of carboxylic acid groups (broad SMARTS) is 1. The molecule has 0 aliphatic rings. The maximum absolute atomic E-state index is 11.4. The van der Waals surface area contributed by atoms with Crippen molar-refractivity contribution in [3.05, 3.63) is 24.4 Å². The van der Waals surface area contributed by atoms with Crippen molar-refractivity contribution in [2.75, 3.05) is 5.75 Å². The third kappa shape index (κ3) is 5.92. The summed E-state index contributed by atoms with van der Waals surface area (Å²) in [5, 5.41) is 13.5. The average molecular weight is 296 g/mol. The number of carboxylic acids is 1. The van der Waals surface area contributed by atoms with Crippen LogP contribution in [0.15, 0.2) is 29.4 Å². The zero-order valence-electron chi connectivity index (χ0n) is 12.4. The lowest BCUT2D eigenvalue weighted by atomic mass is 9.94. The van der Waals surface area contributed by atoms with Crippen LogP contribution in [0, 0.1) is 0 Å². The van der Waals surface area contributed by atoms with E-state index in [1.807, 2.05) is 32.0 Å². The van der Waals surface area contributed by atoms with E-state index in [4.69, 9.17) is 0 Å². The number of carbonyl (C=O) groups is 1. The first-order valence-electron chi connectivity index (χ1n) is 6.99. The van der Waals surface area contributed by atoms with E-state index in [-0.39, 0.29) is 6.04 Å². The number of hydrogen-bond donors (Lipinski definition) is 2. The molecule has 1 aromatic rings. The second kappa shape index (κ2) is 8.27. The molecule has 0 bridgehead atoms. The summed E-state index contributed by atoms with van der Waals surface area (Å²) in [5.74, 6) is 0.192. The largest absolute Gasteiger partial charge is 0.480 e. The predicted octanol–water partition coefficient (Wildman–Crippen LogP) is 3.19. The SMILES string of the molecule is CC(C)NC(C)(CCCCSc1ccccn1)C(=O)O. The van der Waals surface area contributed by atoms with Gasteiger partial charge in [0.15, 0.2) is 0 Å². The van der Waals surface area contributed by atoms with Crippen molar-refractivity contribution in [2.45, 2.75) is 56.6 Å². The molecule has 0 aliphatic carbocycles. The first-order valence-corrected chi connectivity index (χ1v) is 7.97. The molecule has 0 aliphatic heterocycles. The van der Waals surface area contributed by atoms with Crippen LogP contribution in [-0.2, 0) is 4.79 Å². The van der Waals surface area contributed by atoms with Crippen molar-refractivity contribution in [2.24, 2.45) is 0 Å². The molecular formula is C15H24N2O2S. The second-order valence-corrected chi connectivity index (χ2v) is 6.53. The third-order valence-electron chi connectivity index (χ3n) is 3.04. The summed E-state index contributed by atoms with van der Waals surface area (Å²) in [7, 11) is 0. The first-order chi connectivity index (χ1) is 9.44. The molecule has 1 aromatic heterocycles. The molecule has 4 nitrogen and oxygen atoms in total. The Balaban J connectivity index is 2.29. The van der Waals surface area contributed by atoms with Gasteiger partial charge < -0.3 is 5.11 Å². The van der Waals surface area contributed by atoms with E-state index >= 15 is 0 Å². The van der Waals surface area contributed by atoms with E-state index in [9.17, 15) is 9.90 Å². The molecule has 0 spiro atoms. The highest BCUT2D eigenvalue weighted by molar-refractivity contribution is 7.99. The number of thioether (sulfide) groups is 1. The van der Waals surface area contributed by atoms with Gasteiger partial charge in [0.2, 0.25) is 0 Å². The quantitative estimate of drug-likeness (QED) is 0.541. The number of unbranched alkanes of at least 4 members (excludes halogenated alkanes) is 1. The van der Waals surface area contributed by atoms with Crippen LogP contribution in [0.2, 0.25) is 0 Å². The van der Waals surface area contributed by atoms with Gasteiger partial charge >= 0.3 is 5.97 Å². The van der Waals surface area contributed by atoms with Crippen LogP contribution < -0.4 is 5.32 Å². The Kier molecular flexibility index (Phi) is 7.02. The third-order valence-corrected chi connectivity index (χ3v) is 4.07. The smallest absolute Gasteiger partial charge is 0.323 e. The minimum absolute atomic E-state index is 0.166. The van der Waals surface area contributed by atoms with Crippen LogP contribution in [0.4, 0.5) is 0 Å². The van der Waals surface area contributed by atoms with E-state index in [1.54, 1.807) is 24.9 Å². The van der Waals surface area contributed by atoms with Crippen LogP contribution in [-0.4, -0.2) is 33.4 Å². The number of hydrogen-bond acceptors (Lipinski definition) is 4. The van der Waals surface area contributed by atoms with Gasteiger partial charge in [0.05, 0.1) is 5.03 Å². The highest BCUT2D eigenvalue weighted by atomic mass is 32.2. The van der Waals surface area contributed by atoms with E-state index in [0.717, 1.165) is 23.6 Å². The van der Waals surface area contributed by atoms with Gasteiger partial charge in [0, 0.05) is 12.2 Å². The maximum Gasteiger partial charge on any atom is 0.323 e. The molecule has 2 N–H and O–H groups in total.